The van der Waals surface area contributed by atoms with Gasteiger partial charge in [-0.05, 0) is 62.7 Å². The first-order valence-corrected chi connectivity index (χ1v) is 9.43. The lowest BCUT2D eigenvalue weighted by Crippen LogP contribution is -2.28. The number of azo groups is 1. The van der Waals surface area contributed by atoms with Gasteiger partial charge in [-0.25, -0.2) is 4.79 Å². The average Bonchev–Trinajstić information content (AvgIpc) is 2.75. The van der Waals surface area contributed by atoms with Crippen molar-refractivity contribution in [2.24, 2.45) is 10.2 Å². The molecule has 0 aliphatic carbocycles. The first kappa shape index (κ1) is 22.3. The third kappa shape index (κ3) is 5.76. The Morgan fingerprint density at radius 3 is 2.47 bits per heavy atom. The fraction of sp³-hybridized carbons (Fsp3) is 0.261. The van der Waals surface area contributed by atoms with Gasteiger partial charge in [-0.15, -0.1) is 0 Å². The summed E-state index contributed by atoms with van der Waals surface area (Å²) in [6, 6.07) is 14.5. The summed E-state index contributed by atoms with van der Waals surface area (Å²) in [7, 11) is 0. The molecule has 0 aromatic heterocycles. The Morgan fingerprint density at radius 1 is 1.13 bits per heavy atom. The molecule has 0 bridgehead atoms. The molecule has 0 spiro atoms. The Hall–Kier alpha value is -3.97. The van der Waals surface area contributed by atoms with Gasteiger partial charge in [0.15, 0.2) is 0 Å². The van der Waals surface area contributed by atoms with Gasteiger partial charge >= 0.3 is 5.97 Å². The van der Waals surface area contributed by atoms with Gasteiger partial charge in [0.1, 0.15) is 18.7 Å². The Balaban J connectivity index is 2.11. The van der Waals surface area contributed by atoms with Crippen molar-refractivity contribution in [1.29, 1.82) is 10.5 Å². The minimum atomic E-state index is -0.389. The molecule has 2 rings (SSSR count). The maximum atomic E-state index is 11.5. The number of esters is 1. The highest BCUT2D eigenvalue weighted by molar-refractivity contribution is 5.86. The topological polar surface area (TPSA) is 102 Å². The number of ether oxygens (including phenoxy) is 1. The van der Waals surface area contributed by atoms with Crippen LogP contribution in [0.25, 0.3) is 0 Å². The van der Waals surface area contributed by atoms with Gasteiger partial charge in [0.25, 0.3) is 0 Å². The number of rotatable bonds is 8. The zero-order valence-electron chi connectivity index (χ0n) is 17.3. The first-order chi connectivity index (χ1) is 14.4. The summed E-state index contributed by atoms with van der Waals surface area (Å²) in [6.45, 7) is 10.8. The van der Waals surface area contributed by atoms with Gasteiger partial charge in [0.2, 0.25) is 0 Å². The van der Waals surface area contributed by atoms with E-state index in [1.54, 1.807) is 19.1 Å². The van der Waals surface area contributed by atoms with Gasteiger partial charge in [-0.2, -0.15) is 20.8 Å². The van der Waals surface area contributed by atoms with Crippen molar-refractivity contribution in [2.75, 3.05) is 24.6 Å². The molecule has 0 saturated heterocycles. The van der Waals surface area contributed by atoms with E-state index in [2.05, 4.69) is 21.7 Å². The van der Waals surface area contributed by atoms with Gasteiger partial charge in [-0.3, -0.25) is 0 Å². The third-order valence-electron chi connectivity index (χ3n) is 4.39. The number of benzene rings is 2. The smallest absolute Gasteiger partial charge is 0.333 e. The zero-order chi connectivity index (χ0) is 22.1. The lowest BCUT2D eigenvalue weighted by atomic mass is 10.1. The zero-order valence-corrected chi connectivity index (χ0v) is 17.3. The molecule has 0 atom stereocenters. The van der Waals surface area contributed by atoms with E-state index in [9.17, 15) is 4.79 Å². The maximum absolute atomic E-state index is 11.5. The molecule has 152 valence electrons. The molecule has 0 aliphatic heterocycles. The Kier molecular flexibility index (Phi) is 7.84. The van der Waals surface area contributed by atoms with E-state index < -0.39 is 0 Å². The number of carbonyl (C=O) groups excluding carboxylic acids is 1. The van der Waals surface area contributed by atoms with Crippen LogP contribution in [0, 0.1) is 29.6 Å². The highest BCUT2D eigenvalue weighted by atomic mass is 16.5. The number of anilines is 1. The lowest BCUT2D eigenvalue weighted by Gasteiger charge is -2.23. The number of likely N-dealkylation sites (N-methyl/N-ethyl adjacent to an activating group) is 1. The van der Waals surface area contributed by atoms with Crippen LogP contribution < -0.4 is 4.90 Å². The van der Waals surface area contributed by atoms with E-state index in [4.69, 9.17) is 15.3 Å². The van der Waals surface area contributed by atoms with Gasteiger partial charge in [0, 0.05) is 17.8 Å². The number of hydrogen-bond donors (Lipinski definition) is 0. The van der Waals surface area contributed by atoms with E-state index >= 15 is 0 Å². The first-order valence-electron chi connectivity index (χ1n) is 9.43. The number of hydrogen-bond acceptors (Lipinski definition) is 7. The van der Waals surface area contributed by atoms with Crippen molar-refractivity contribution in [3.8, 4) is 12.1 Å². The number of aryl methyl sites for hydroxylation is 1. The van der Waals surface area contributed by atoms with Crippen LogP contribution in [0.3, 0.4) is 0 Å². The Labute approximate surface area is 176 Å². The molecular weight excluding hydrogens is 378 g/mol. The van der Waals surface area contributed by atoms with Crippen molar-refractivity contribution in [2.45, 2.75) is 20.8 Å². The van der Waals surface area contributed by atoms with E-state index in [1.165, 1.54) is 6.07 Å². The molecule has 2 aromatic carbocycles. The molecule has 0 heterocycles. The van der Waals surface area contributed by atoms with Crippen LogP contribution in [0.5, 0.6) is 0 Å². The second kappa shape index (κ2) is 10.5. The molecule has 0 aliphatic rings. The minimum absolute atomic E-state index is 0.270. The normalized spacial score (nSPS) is 10.3. The molecule has 0 fully saturated rings. The van der Waals surface area contributed by atoms with Crippen LogP contribution in [0.15, 0.2) is 58.8 Å². The summed E-state index contributed by atoms with van der Waals surface area (Å²) in [5.74, 6) is -0.389. The third-order valence-corrected chi connectivity index (χ3v) is 4.39. The van der Waals surface area contributed by atoms with Crippen LogP contribution in [0.1, 0.15) is 30.5 Å². The second-order valence-corrected chi connectivity index (χ2v) is 6.62. The van der Waals surface area contributed by atoms with Gasteiger partial charge in [0.05, 0.1) is 29.0 Å². The molecular formula is C23H23N5O2. The molecule has 2 aromatic rings. The number of nitriles is 2. The Bertz CT molecular complexity index is 1060. The SMILES string of the molecule is C=C(C)C(=O)OCCN(CC)c1ccc(N=Nc2ccc(C#N)c(C#N)c2)c(C)c1. The monoisotopic (exact) mass is 401 g/mol. The van der Waals surface area contributed by atoms with Crippen molar-refractivity contribution in [3.05, 3.63) is 65.2 Å². The van der Waals surface area contributed by atoms with Crippen LogP contribution in [-0.4, -0.2) is 25.7 Å². The summed E-state index contributed by atoms with van der Waals surface area (Å²) < 4.78 is 5.18. The molecule has 0 unspecified atom stereocenters. The largest absolute Gasteiger partial charge is 0.460 e. The van der Waals surface area contributed by atoms with E-state index in [0.29, 0.717) is 29.1 Å². The van der Waals surface area contributed by atoms with Gasteiger partial charge in [-0.1, -0.05) is 6.58 Å². The molecule has 0 N–H and O–H groups in total. The summed E-state index contributed by atoms with van der Waals surface area (Å²) >= 11 is 0. The molecule has 0 radical (unpaired) electrons. The number of nitrogens with zero attached hydrogens (tertiary/aromatic N) is 5. The quantitative estimate of drug-likeness (QED) is 0.348. The molecule has 30 heavy (non-hydrogen) atoms. The minimum Gasteiger partial charge on any atom is -0.460 e. The van der Waals surface area contributed by atoms with Crippen molar-refractivity contribution < 1.29 is 9.53 Å². The van der Waals surface area contributed by atoms with Crippen LogP contribution in [-0.2, 0) is 9.53 Å². The van der Waals surface area contributed by atoms with Crippen LogP contribution >= 0.6 is 0 Å². The van der Waals surface area contributed by atoms with Crippen molar-refractivity contribution >= 4 is 23.0 Å². The van der Waals surface area contributed by atoms with Crippen LogP contribution in [0.4, 0.5) is 17.1 Å². The van der Waals surface area contributed by atoms with Crippen LogP contribution in [0.2, 0.25) is 0 Å². The summed E-state index contributed by atoms with van der Waals surface area (Å²) in [4.78, 5) is 13.6. The lowest BCUT2D eigenvalue weighted by molar-refractivity contribution is -0.138. The van der Waals surface area contributed by atoms with Crippen molar-refractivity contribution in [3.63, 3.8) is 0 Å². The maximum Gasteiger partial charge on any atom is 0.333 e. The van der Waals surface area contributed by atoms with E-state index in [0.717, 1.165) is 17.8 Å². The molecule has 7 heteroatoms. The predicted molar refractivity (Wildman–Crippen MR) is 115 cm³/mol. The molecule has 0 amide bonds. The molecule has 7 nitrogen and oxygen atoms in total. The Morgan fingerprint density at radius 2 is 1.87 bits per heavy atom. The second-order valence-electron chi connectivity index (χ2n) is 6.62. The number of carbonyl (C=O) groups is 1. The summed E-state index contributed by atoms with van der Waals surface area (Å²) in [6.07, 6.45) is 0. The van der Waals surface area contributed by atoms with E-state index in [1.807, 2.05) is 44.2 Å². The predicted octanol–water partition coefficient (Wildman–Crippen LogP) is 5.10. The fourth-order valence-electron chi connectivity index (χ4n) is 2.69. The van der Waals surface area contributed by atoms with Crippen molar-refractivity contribution in [1.82, 2.24) is 0 Å². The molecule has 0 saturated carbocycles. The standard InChI is InChI=1S/C23H23N5O2/c1-5-28(10-11-30-23(29)16(2)3)21-8-9-22(17(4)12-21)27-26-20-7-6-18(14-24)19(13-20)15-25/h6-9,12-13H,2,5,10-11H2,1,3-4H3. The average molecular weight is 401 g/mol. The summed E-state index contributed by atoms with van der Waals surface area (Å²) in [5.41, 5.74) is 4.09. The van der Waals surface area contributed by atoms with E-state index in [-0.39, 0.29) is 18.1 Å². The fourth-order valence-corrected chi connectivity index (χ4v) is 2.69. The highest BCUT2D eigenvalue weighted by Gasteiger charge is 2.09. The summed E-state index contributed by atoms with van der Waals surface area (Å²) in [5, 5.41) is 26.6. The van der Waals surface area contributed by atoms with Gasteiger partial charge < -0.3 is 9.64 Å². The highest BCUT2D eigenvalue weighted by Crippen LogP contribution is 2.27.